The van der Waals surface area contributed by atoms with Crippen LogP contribution >= 0.6 is 11.6 Å². The summed E-state index contributed by atoms with van der Waals surface area (Å²) in [6.07, 6.45) is -1.59. The Bertz CT molecular complexity index is 1390. The van der Waals surface area contributed by atoms with Crippen molar-refractivity contribution in [3.63, 3.8) is 0 Å². The molecular formula is C24H22ClF2N7O3. The number of anilines is 3. The average molecular weight is 530 g/mol. The zero-order chi connectivity index (χ0) is 26.5. The van der Waals surface area contributed by atoms with Gasteiger partial charge < -0.3 is 25.2 Å². The molecule has 0 aliphatic rings. The zero-order valence-corrected chi connectivity index (χ0v) is 20.4. The number of alkyl halides is 2. The van der Waals surface area contributed by atoms with Crippen LogP contribution in [0.1, 0.15) is 34.2 Å². The molecule has 0 unspecified atom stereocenters. The van der Waals surface area contributed by atoms with Gasteiger partial charge in [-0.15, -0.1) is 0 Å². The number of hydrogen-bond acceptors (Lipinski definition) is 9. The molecule has 2 heterocycles. The number of halogens is 3. The fourth-order valence-electron chi connectivity index (χ4n) is 3.36. The average Bonchev–Trinajstić information content (AvgIpc) is 3.38. The maximum absolute atomic E-state index is 13.0. The fraction of sp³-hybridized carbons (Fsp3) is 0.208. The van der Waals surface area contributed by atoms with E-state index >= 15 is 0 Å². The Morgan fingerprint density at radius 2 is 1.92 bits per heavy atom. The van der Waals surface area contributed by atoms with Crippen molar-refractivity contribution in [3.8, 4) is 11.5 Å². The van der Waals surface area contributed by atoms with Gasteiger partial charge in [-0.3, -0.25) is 4.79 Å². The molecule has 4 rings (SSSR count). The van der Waals surface area contributed by atoms with Crippen LogP contribution in [-0.2, 0) is 0 Å². The maximum Gasteiger partial charge on any atom is 0.300 e. The van der Waals surface area contributed by atoms with Crippen LogP contribution in [0.3, 0.4) is 0 Å². The van der Waals surface area contributed by atoms with E-state index in [-0.39, 0.29) is 40.8 Å². The van der Waals surface area contributed by atoms with Crippen molar-refractivity contribution >= 4 is 35.0 Å². The number of aliphatic hydroxyl groups excluding tert-OH is 1. The Labute approximate surface area is 215 Å². The van der Waals surface area contributed by atoms with Crippen molar-refractivity contribution in [3.05, 3.63) is 76.7 Å². The van der Waals surface area contributed by atoms with E-state index in [0.29, 0.717) is 11.3 Å². The van der Waals surface area contributed by atoms with Crippen LogP contribution in [0.15, 0.2) is 59.3 Å². The monoisotopic (exact) mass is 529 g/mol. The molecule has 1 amide bonds. The van der Waals surface area contributed by atoms with Crippen LogP contribution < -0.4 is 10.6 Å². The van der Waals surface area contributed by atoms with Crippen molar-refractivity contribution < 1.29 is 23.2 Å². The van der Waals surface area contributed by atoms with Gasteiger partial charge in [0, 0.05) is 26.0 Å². The minimum absolute atomic E-state index is 0.118. The van der Waals surface area contributed by atoms with Gasteiger partial charge in [-0.05, 0) is 23.8 Å². The Morgan fingerprint density at radius 3 is 2.54 bits per heavy atom. The molecular weight excluding hydrogens is 508 g/mol. The summed E-state index contributed by atoms with van der Waals surface area (Å²) >= 11 is 6.30. The number of benzene rings is 2. The van der Waals surface area contributed by atoms with Crippen LogP contribution in [0.25, 0.3) is 11.5 Å². The Hall–Kier alpha value is -4.16. The Kier molecular flexibility index (Phi) is 7.89. The van der Waals surface area contributed by atoms with E-state index in [4.69, 9.17) is 16.1 Å². The summed E-state index contributed by atoms with van der Waals surface area (Å²) in [5.41, 5.74) is 1.74. The molecule has 192 valence electrons. The van der Waals surface area contributed by atoms with E-state index in [1.165, 1.54) is 11.1 Å². The second-order valence-corrected chi connectivity index (χ2v) is 8.43. The molecule has 37 heavy (non-hydrogen) atoms. The highest BCUT2D eigenvalue weighted by atomic mass is 35.5. The molecule has 0 saturated heterocycles. The molecule has 2 aromatic heterocycles. The number of hydrogen-bond donors (Lipinski definition) is 3. The second kappa shape index (κ2) is 11.3. The van der Waals surface area contributed by atoms with E-state index in [9.17, 15) is 18.7 Å². The molecule has 0 aliphatic carbocycles. The highest BCUT2D eigenvalue weighted by Crippen LogP contribution is 2.31. The molecule has 13 heteroatoms. The lowest BCUT2D eigenvalue weighted by atomic mass is 10.1. The van der Waals surface area contributed by atoms with Gasteiger partial charge in [0.15, 0.2) is 0 Å². The van der Waals surface area contributed by atoms with E-state index in [2.05, 4.69) is 30.7 Å². The summed E-state index contributed by atoms with van der Waals surface area (Å²) in [6.45, 7) is -0.292. The van der Waals surface area contributed by atoms with Crippen molar-refractivity contribution in [2.24, 2.45) is 0 Å². The molecule has 3 N–H and O–H groups in total. The lowest BCUT2D eigenvalue weighted by Crippen LogP contribution is -2.22. The smallest absolute Gasteiger partial charge is 0.300 e. The molecule has 0 saturated carbocycles. The van der Waals surface area contributed by atoms with Gasteiger partial charge in [-0.1, -0.05) is 47.1 Å². The van der Waals surface area contributed by atoms with E-state index < -0.39 is 18.3 Å². The van der Waals surface area contributed by atoms with Crippen LogP contribution in [0.2, 0.25) is 5.02 Å². The SMILES string of the molecule is CN(C)C(=O)c1ccc(Nc2ncc(-c3nc(C(F)F)no3)c(N[C@H](CO)c3ccccc3)n2)cc1Cl. The summed E-state index contributed by atoms with van der Waals surface area (Å²) in [7, 11) is 3.25. The predicted octanol–water partition coefficient (Wildman–Crippen LogP) is 4.71. The molecule has 0 radical (unpaired) electrons. The van der Waals surface area contributed by atoms with Gasteiger partial charge in [-0.25, -0.2) is 13.8 Å². The number of carbonyl (C=O) groups excluding carboxylic acids is 1. The third kappa shape index (κ3) is 5.98. The third-order valence-electron chi connectivity index (χ3n) is 5.21. The second-order valence-electron chi connectivity index (χ2n) is 8.02. The lowest BCUT2D eigenvalue weighted by Gasteiger charge is -2.19. The van der Waals surface area contributed by atoms with E-state index in [1.807, 2.05) is 30.3 Å². The molecule has 1 atom stereocenters. The lowest BCUT2D eigenvalue weighted by molar-refractivity contribution is 0.0827. The summed E-state index contributed by atoms with van der Waals surface area (Å²) in [4.78, 5) is 26.1. The number of amides is 1. The van der Waals surface area contributed by atoms with Gasteiger partial charge in [0.1, 0.15) is 11.4 Å². The topological polar surface area (TPSA) is 129 Å². The Balaban J connectivity index is 1.68. The fourth-order valence-corrected chi connectivity index (χ4v) is 3.62. The number of carbonyl (C=O) groups is 1. The quantitative estimate of drug-likeness (QED) is 0.282. The van der Waals surface area contributed by atoms with Crippen LogP contribution in [0.5, 0.6) is 0 Å². The van der Waals surface area contributed by atoms with Crippen molar-refractivity contribution in [1.82, 2.24) is 25.0 Å². The standard InChI is InChI=1S/C24H22ClF2N7O3/c1-34(2)23(36)15-9-8-14(10-17(15)25)29-24-28-11-16(22-31-21(19(26)27)33-37-22)20(32-24)30-18(12-35)13-6-4-3-5-7-13/h3-11,18-19,35H,12H2,1-2H3,(H2,28,29,30,32)/t18-/m1/s1. The minimum atomic E-state index is -2.92. The summed E-state index contributed by atoms with van der Waals surface area (Å²) in [5, 5.41) is 19.6. The molecule has 0 aliphatic heterocycles. The third-order valence-corrected chi connectivity index (χ3v) is 5.53. The molecule has 0 spiro atoms. The molecule has 4 aromatic rings. The normalized spacial score (nSPS) is 11.9. The first-order valence-electron chi connectivity index (χ1n) is 11.0. The Morgan fingerprint density at radius 1 is 1.16 bits per heavy atom. The number of aromatic nitrogens is 4. The van der Waals surface area contributed by atoms with E-state index in [1.54, 1.807) is 32.3 Å². The van der Waals surface area contributed by atoms with Crippen LogP contribution in [0, 0.1) is 0 Å². The first-order valence-corrected chi connectivity index (χ1v) is 11.3. The van der Waals surface area contributed by atoms with Crippen molar-refractivity contribution in [1.29, 1.82) is 0 Å². The highest BCUT2D eigenvalue weighted by molar-refractivity contribution is 6.34. The minimum Gasteiger partial charge on any atom is -0.394 e. The van der Waals surface area contributed by atoms with Gasteiger partial charge in [-0.2, -0.15) is 9.97 Å². The van der Waals surface area contributed by atoms with Crippen LogP contribution in [0.4, 0.5) is 26.2 Å². The molecule has 10 nitrogen and oxygen atoms in total. The maximum atomic E-state index is 13.0. The van der Waals surface area contributed by atoms with E-state index in [0.717, 1.165) is 5.56 Å². The molecule has 0 bridgehead atoms. The zero-order valence-electron chi connectivity index (χ0n) is 19.7. The van der Waals surface area contributed by atoms with Crippen molar-refractivity contribution in [2.45, 2.75) is 12.5 Å². The summed E-state index contributed by atoms with van der Waals surface area (Å²) in [6, 6.07) is 13.3. The van der Waals surface area contributed by atoms with Gasteiger partial charge in [0.2, 0.25) is 11.8 Å². The predicted molar refractivity (Wildman–Crippen MR) is 133 cm³/mol. The highest BCUT2D eigenvalue weighted by Gasteiger charge is 2.22. The number of nitrogens with one attached hydrogen (secondary N) is 2. The molecule has 0 fully saturated rings. The first kappa shape index (κ1) is 25.9. The molecule has 2 aromatic carbocycles. The first-order chi connectivity index (χ1) is 17.8. The number of rotatable bonds is 9. The largest absolute Gasteiger partial charge is 0.394 e. The van der Waals surface area contributed by atoms with Gasteiger partial charge >= 0.3 is 6.43 Å². The number of nitrogens with zero attached hydrogens (tertiary/aromatic N) is 5. The van der Waals surface area contributed by atoms with Crippen molar-refractivity contribution in [2.75, 3.05) is 31.3 Å². The van der Waals surface area contributed by atoms with Crippen LogP contribution in [-0.4, -0.2) is 56.7 Å². The number of aliphatic hydroxyl groups is 1. The van der Waals surface area contributed by atoms with Gasteiger partial charge in [0.25, 0.3) is 11.8 Å². The van der Waals surface area contributed by atoms with Gasteiger partial charge in [0.05, 0.1) is 23.2 Å². The summed E-state index contributed by atoms with van der Waals surface area (Å²) in [5.74, 6) is -0.972. The summed E-state index contributed by atoms with van der Waals surface area (Å²) < 4.78 is 31.1.